The third-order valence-electron chi connectivity index (χ3n) is 5.58. The van der Waals surface area contributed by atoms with Crippen LogP contribution in [0.3, 0.4) is 0 Å². The number of rotatable bonds is 8. The number of fused-ring (bicyclic) bond motifs is 2. The van der Waals surface area contributed by atoms with E-state index in [1.54, 1.807) is 0 Å². The van der Waals surface area contributed by atoms with Crippen molar-refractivity contribution in [1.82, 2.24) is 14.8 Å². The van der Waals surface area contributed by atoms with Crippen molar-refractivity contribution >= 4 is 44.9 Å². The number of hydrogen-bond acceptors (Lipinski definition) is 5. The highest BCUT2D eigenvalue weighted by Gasteiger charge is 2.14. The zero-order valence-corrected chi connectivity index (χ0v) is 19.6. The predicted octanol–water partition coefficient (Wildman–Crippen LogP) is 5.91. The third-order valence-corrected chi connectivity index (χ3v) is 6.55. The van der Waals surface area contributed by atoms with Crippen molar-refractivity contribution in [2.24, 2.45) is 0 Å². The average Bonchev–Trinajstić information content (AvgIpc) is 3.28. The van der Waals surface area contributed by atoms with Gasteiger partial charge in [-0.25, -0.2) is 0 Å². The molecule has 0 saturated carbocycles. The lowest BCUT2D eigenvalue weighted by atomic mass is 10.1. The number of hydrogen-bond donors (Lipinski definition) is 1. The number of nitrogens with one attached hydrogen (secondary N) is 1. The van der Waals surface area contributed by atoms with E-state index in [1.807, 2.05) is 78.2 Å². The Morgan fingerprint density at radius 1 is 0.912 bits per heavy atom. The van der Waals surface area contributed by atoms with Crippen molar-refractivity contribution in [2.45, 2.75) is 25.2 Å². The maximum absolute atomic E-state index is 12.5. The van der Waals surface area contributed by atoms with Gasteiger partial charge in [0.2, 0.25) is 5.91 Å². The van der Waals surface area contributed by atoms with Gasteiger partial charge in [-0.05, 0) is 41.3 Å². The first-order chi connectivity index (χ1) is 16.7. The molecule has 1 aromatic heterocycles. The second kappa shape index (κ2) is 9.97. The van der Waals surface area contributed by atoms with E-state index < -0.39 is 0 Å². The molecule has 1 amide bonds. The Morgan fingerprint density at radius 2 is 1.68 bits per heavy atom. The standard InChI is InChI=1S/C27H24N4O2S/c1-2-31-25(17-33-24-13-7-11-20-9-5-6-12-23(20)24)29-30-27(31)34-18-26(32)28-22-15-14-19-8-3-4-10-21(19)16-22/h3-16H,2,17-18H2,1H3,(H,28,32). The number of ether oxygens (including phenoxy) is 1. The number of carbonyl (C=O) groups excluding carboxylic acids is 1. The number of thioether (sulfide) groups is 1. The lowest BCUT2D eigenvalue weighted by Gasteiger charge is -2.11. The normalized spacial score (nSPS) is 11.1. The van der Waals surface area contributed by atoms with E-state index in [1.165, 1.54) is 11.8 Å². The zero-order valence-electron chi connectivity index (χ0n) is 18.8. The van der Waals surface area contributed by atoms with Gasteiger partial charge in [-0.15, -0.1) is 10.2 Å². The summed E-state index contributed by atoms with van der Waals surface area (Å²) < 4.78 is 8.07. The molecule has 0 unspecified atom stereocenters. The van der Waals surface area contributed by atoms with E-state index >= 15 is 0 Å². The molecule has 0 spiro atoms. The third kappa shape index (κ3) is 4.75. The van der Waals surface area contributed by atoms with E-state index in [0.29, 0.717) is 18.3 Å². The fourth-order valence-electron chi connectivity index (χ4n) is 3.91. The highest BCUT2D eigenvalue weighted by Crippen LogP contribution is 2.26. The molecular weight excluding hydrogens is 444 g/mol. The Morgan fingerprint density at radius 3 is 2.53 bits per heavy atom. The van der Waals surface area contributed by atoms with Gasteiger partial charge in [0.1, 0.15) is 12.4 Å². The number of carbonyl (C=O) groups is 1. The maximum Gasteiger partial charge on any atom is 0.234 e. The molecule has 0 aliphatic rings. The average molecular weight is 469 g/mol. The summed E-state index contributed by atoms with van der Waals surface area (Å²) in [6, 6.07) is 28.1. The summed E-state index contributed by atoms with van der Waals surface area (Å²) >= 11 is 1.37. The summed E-state index contributed by atoms with van der Waals surface area (Å²) in [5.74, 6) is 1.70. The number of benzene rings is 4. The lowest BCUT2D eigenvalue weighted by molar-refractivity contribution is -0.113. The van der Waals surface area contributed by atoms with Gasteiger partial charge >= 0.3 is 0 Å². The molecular formula is C27H24N4O2S. The molecule has 5 rings (SSSR count). The van der Waals surface area contributed by atoms with Crippen LogP contribution in [0.15, 0.2) is 90.1 Å². The molecule has 0 aliphatic carbocycles. The molecule has 170 valence electrons. The number of anilines is 1. The largest absolute Gasteiger partial charge is 0.485 e. The predicted molar refractivity (Wildman–Crippen MR) is 137 cm³/mol. The van der Waals surface area contributed by atoms with Crippen LogP contribution in [-0.2, 0) is 17.9 Å². The molecule has 0 aliphatic heterocycles. The Balaban J connectivity index is 1.22. The van der Waals surface area contributed by atoms with Crippen molar-refractivity contribution < 1.29 is 9.53 Å². The van der Waals surface area contributed by atoms with Gasteiger partial charge in [0.05, 0.1) is 5.75 Å². The van der Waals surface area contributed by atoms with Crippen molar-refractivity contribution in [3.05, 3.63) is 90.8 Å². The quantitative estimate of drug-likeness (QED) is 0.287. The molecule has 0 radical (unpaired) electrons. The summed E-state index contributed by atoms with van der Waals surface area (Å²) in [4.78, 5) is 12.5. The lowest BCUT2D eigenvalue weighted by Crippen LogP contribution is -2.15. The molecule has 0 fully saturated rings. The topological polar surface area (TPSA) is 69.0 Å². The van der Waals surface area contributed by atoms with Gasteiger partial charge in [0.25, 0.3) is 0 Å². The van der Waals surface area contributed by atoms with Gasteiger partial charge < -0.3 is 14.6 Å². The van der Waals surface area contributed by atoms with E-state index in [-0.39, 0.29) is 11.7 Å². The Kier molecular flexibility index (Phi) is 6.44. The monoisotopic (exact) mass is 468 g/mol. The first-order valence-electron chi connectivity index (χ1n) is 11.2. The van der Waals surface area contributed by atoms with Crippen LogP contribution >= 0.6 is 11.8 Å². The SMILES string of the molecule is CCn1c(COc2cccc3ccccc23)nnc1SCC(=O)Nc1ccc2ccccc2c1. The second-order valence-electron chi connectivity index (χ2n) is 7.81. The smallest absolute Gasteiger partial charge is 0.234 e. The van der Waals surface area contributed by atoms with Crippen LogP contribution in [0.2, 0.25) is 0 Å². The summed E-state index contributed by atoms with van der Waals surface area (Å²) in [5, 5.41) is 16.7. The van der Waals surface area contributed by atoms with Gasteiger partial charge in [-0.3, -0.25) is 4.79 Å². The van der Waals surface area contributed by atoms with Gasteiger partial charge in [0.15, 0.2) is 11.0 Å². The van der Waals surface area contributed by atoms with Crippen LogP contribution in [-0.4, -0.2) is 26.4 Å². The number of aromatic nitrogens is 3. The van der Waals surface area contributed by atoms with E-state index in [0.717, 1.165) is 38.8 Å². The molecule has 4 aromatic carbocycles. The summed E-state index contributed by atoms with van der Waals surface area (Å²) in [6.45, 7) is 3.03. The summed E-state index contributed by atoms with van der Waals surface area (Å²) in [5.41, 5.74) is 0.783. The second-order valence-corrected chi connectivity index (χ2v) is 8.75. The summed E-state index contributed by atoms with van der Waals surface area (Å²) in [6.07, 6.45) is 0. The fraction of sp³-hybridized carbons (Fsp3) is 0.148. The van der Waals surface area contributed by atoms with Gasteiger partial charge in [-0.2, -0.15) is 0 Å². The molecule has 7 heteroatoms. The fourth-order valence-corrected chi connectivity index (χ4v) is 4.73. The minimum atomic E-state index is -0.0838. The van der Waals surface area contributed by atoms with Gasteiger partial charge in [0, 0.05) is 17.6 Å². The first kappa shape index (κ1) is 22.0. The molecule has 1 N–H and O–H groups in total. The van der Waals surface area contributed by atoms with E-state index in [4.69, 9.17) is 4.74 Å². The maximum atomic E-state index is 12.5. The van der Waals surface area contributed by atoms with Crippen LogP contribution in [0.4, 0.5) is 5.69 Å². The Hall–Kier alpha value is -3.84. The minimum Gasteiger partial charge on any atom is -0.485 e. The van der Waals surface area contributed by atoms with Crippen LogP contribution < -0.4 is 10.1 Å². The molecule has 1 heterocycles. The van der Waals surface area contributed by atoms with Crippen molar-refractivity contribution in [1.29, 1.82) is 0 Å². The van der Waals surface area contributed by atoms with Gasteiger partial charge in [-0.1, -0.05) is 78.5 Å². The molecule has 6 nitrogen and oxygen atoms in total. The van der Waals surface area contributed by atoms with Crippen LogP contribution in [0.5, 0.6) is 5.75 Å². The van der Waals surface area contributed by atoms with Crippen LogP contribution in [0.1, 0.15) is 12.7 Å². The van der Waals surface area contributed by atoms with E-state index in [2.05, 4.69) is 33.7 Å². The Bertz CT molecular complexity index is 1460. The van der Waals surface area contributed by atoms with Crippen LogP contribution in [0, 0.1) is 0 Å². The zero-order chi connectivity index (χ0) is 23.3. The minimum absolute atomic E-state index is 0.0838. The highest BCUT2D eigenvalue weighted by atomic mass is 32.2. The van der Waals surface area contributed by atoms with E-state index in [9.17, 15) is 4.79 Å². The number of nitrogens with zero attached hydrogens (tertiary/aromatic N) is 3. The summed E-state index contributed by atoms with van der Waals surface area (Å²) in [7, 11) is 0. The number of amides is 1. The highest BCUT2D eigenvalue weighted by molar-refractivity contribution is 7.99. The molecule has 34 heavy (non-hydrogen) atoms. The Labute approximate surface area is 202 Å². The molecule has 0 saturated heterocycles. The van der Waals surface area contributed by atoms with Crippen molar-refractivity contribution in [3.63, 3.8) is 0 Å². The first-order valence-corrected chi connectivity index (χ1v) is 12.1. The molecule has 5 aromatic rings. The van der Waals surface area contributed by atoms with Crippen molar-refractivity contribution in [2.75, 3.05) is 11.1 Å². The molecule has 0 atom stereocenters. The van der Waals surface area contributed by atoms with Crippen molar-refractivity contribution in [3.8, 4) is 5.75 Å². The van der Waals surface area contributed by atoms with Crippen LogP contribution in [0.25, 0.3) is 21.5 Å². The molecule has 0 bridgehead atoms.